The van der Waals surface area contributed by atoms with Gasteiger partial charge in [-0.25, -0.2) is 0 Å². The lowest BCUT2D eigenvalue weighted by Gasteiger charge is -2.29. The standard InChI is InChI=1S/C17H27N/c1-3-15-8-6-10-17(13-15)18-12-11-16-9-5-4-7-14(16)2/h4-5,7,9,15,17-18H,3,6,8,10-13H2,1-2H3. The normalized spacial score (nSPS) is 24.1. The summed E-state index contributed by atoms with van der Waals surface area (Å²) in [5, 5.41) is 3.76. The SMILES string of the molecule is CCC1CCCC(NCCc2ccccc2C)C1. The van der Waals surface area contributed by atoms with E-state index >= 15 is 0 Å². The molecular formula is C17H27N. The number of aryl methyl sites for hydroxylation is 1. The molecule has 1 nitrogen and oxygen atoms in total. The van der Waals surface area contributed by atoms with Gasteiger partial charge in [0, 0.05) is 6.04 Å². The largest absolute Gasteiger partial charge is 0.314 e. The molecule has 1 aliphatic carbocycles. The molecule has 0 bridgehead atoms. The summed E-state index contributed by atoms with van der Waals surface area (Å²) in [6, 6.07) is 9.51. The molecule has 1 saturated carbocycles. The van der Waals surface area contributed by atoms with Crippen molar-refractivity contribution in [2.45, 2.75) is 58.4 Å². The molecule has 0 radical (unpaired) electrons. The Labute approximate surface area is 112 Å². The average Bonchev–Trinajstić information content (AvgIpc) is 2.41. The summed E-state index contributed by atoms with van der Waals surface area (Å²) < 4.78 is 0. The van der Waals surface area contributed by atoms with Crippen LogP contribution in [-0.2, 0) is 6.42 Å². The lowest BCUT2D eigenvalue weighted by Crippen LogP contribution is -2.35. The first-order valence-electron chi connectivity index (χ1n) is 7.57. The van der Waals surface area contributed by atoms with Crippen molar-refractivity contribution in [1.82, 2.24) is 5.32 Å². The van der Waals surface area contributed by atoms with Gasteiger partial charge in [-0.15, -0.1) is 0 Å². The lowest BCUT2D eigenvalue weighted by molar-refractivity contribution is 0.280. The van der Waals surface area contributed by atoms with E-state index in [1.165, 1.54) is 49.7 Å². The Morgan fingerprint density at radius 1 is 1.22 bits per heavy atom. The van der Waals surface area contributed by atoms with Crippen molar-refractivity contribution in [2.75, 3.05) is 6.54 Å². The monoisotopic (exact) mass is 245 g/mol. The summed E-state index contributed by atoms with van der Waals surface area (Å²) >= 11 is 0. The molecule has 18 heavy (non-hydrogen) atoms. The molecule has 0 spiro atoms. The van der Waals surface area contributed by atoms with E-state index in [-0.39, 0.29) is 0 Å². The van der Waals surface area contributed by atoms with Crippen LogP contribution in [0.2, 0.25) is 0 Å². The molecule has 1 aliphatic rings. The van der Waals surface area contributed by atoms with E-state index in [4.69, 9.17) is 0 Å². The van der Waals surface area contributed by atoms with Gasteiger partial charge < -0.3 is 5.32 Å². The Bertz CT molecular complexity index is 358. The molecular weight excluding hydrogens is 218 g/mol. The minimum Gasteiger partial charge on any atom is -0.314 e. The number of rotatable bonds is 5. The van der Waals surface area contributed by atoms with Crippen LogP contribution in [0.5, 0.6) is 0 Å². The van der Waals surface area contributed by atoms with Gasteiger partial charge in [-0.05, 0) is 49.8 Å². The zero-order valence-electron chi connectivity index (χ0n) is 11.9. The van der Waals surface area contributed by atoms with Crippen LogP contribution in [0.3, 0.4) is 0 Å². The molecule has 1 N–H and O–H groups in total. The van der Waals surface area contributed by atoms with Gasteiger partial charge in [0.2, 0.25) is 0 Å². The lowest BCUT2D eigenvalue weighted by atomic mass is 9.84. The second-order valence-corrected chi connectivity index (χ2v) is 5.77. The van der Waals surface area contributed by atoms with Gasteiger partial charge in [0.05, 0.1) is 0 Å². The van der Waals surface area contributed by atoms with E-state index in [2.05, 4.69) is 43.4 Å². The Morgan fingerprint density at radius 3 is 2.83 bits per heavy atom. The average molecular weight is 245 g/mol. The van der Waals surface area contributed by atoms with Crippen LogP contribution in [0.1, 0.15) is 50.2 Å². The quantitative estimate of drug-likeness (QED) is 0.823. The fraction of sp³-hybridized carbons (Fsp3) is 0.647. The van der Waals surface area contributed by atoms with Gasteiger partial charge in [0.25, 0.3) is 0 Å². The van der Waals surface area contributed by atoms with E-state index in [1.807, 2.05) is 0 Å². The second kappa shape index (κ2) is 6.94. The molecule has 0 aromatic heterocycles. The Hall–Kier alpha value is -0.820. The third-order valence-corrected chi connectivity index (χ3v) is 4.45. The van der Waals surface area contributed by atoms with Crippen LogP contribution in [0, 0.1) is 12.8 Å². The minimum atomic E-state index is 0.771. The topological polar surface area (TPSA) is 12.0 Å². The van der Waals surface area contributed by atoms with Gasteiger partial charge in [0.1, 0.15) is 0 Å². The molecule has 100 valence electrons. The first-order valence-corrected chi connectivity index (χ1v) is 7.57. The van der Waals surface area contributed by atoms with Crippen molar-refractivity contribution in [1.29, 1.82) is 0 Å². The Morgan fingerprint density at radius 2 is 2.06 bits per heavy atom. The highest BCUT2D eigenvalue weighted by Gasteiger charge is 2.19. The van der Waals surface area contributed by atoms with Crippen molar-refractivity contribution in [3.05, 3.63) is 35.4 Å². The zero-order chi connectivity index (χ0) is 12.8. The zero-order valence-corrected chi connectivity index (χ0v) is 11.9. The van der Waals surface area contributed by atoms with Gasteiger partial charge in [0.15, 0.2) is 0 Å². The van der Waals surface area contributed by atoms with Crippen molar-refractivity contribution in [3.8, 4) is 0 Å². The molecule has 2 unspecified atom stereocenters. The van der Waals surface area contributed by atoms with Crippen LogP contribution < -0.4 is 5.32 Å². The maximum absolute atomic E-state index is 3.76. The highest BCUT2D eigenvalue weighted by atomic mass is 14.9. The van der Waals surface area contributed by atoms with E-state index in [9.17, 15) is 0 Å². The maximum Gasteiger partial charge on any atom is 0.00698 e. The van der Waals surface area contributed by atoms with Crippen LogP contribution in [-0.4, -0.2) is 12.6 Å². The maximum atomic E-state index is 3.76. The Kier molecular flexibility index (Phi) is 5.25. The first kappa shape index (κ1) is 13.6. The molecule has 0 saturated heterocycles. The van der Waals surface area contributed by atoms with Crippen LogP contribution in [0.25, 0.3) is 0 Å². The molecule has 0 aliphatic heterocycles. The summed E-state index contributed by atoms with van der Waals surface area (Å²) in [7, 11) is 0. The summed E-state index contributed by atoms with van der Waals surface area (Å²) in [6.07, 6.45) is 8.16. The number of benzene rings is 1. The summed E-state index contributed by atoms with van der Waals surface area (Å²) in [5.74, 6) is 0.967. The molecule has 0 heterocycles. The van der Waals surface area contributed by atoms with Gasteiger partial charge in [-0.1, -0.05) is 50.5 Å². The molecule has 1 aromatic carbocycles. The van der Waals surface area contributed by atoms with E-state index in [0.29, 0.717) is 0 Å². The summed E-state index contributed by atoms with van der Waals surface area (Å²) in [6.45, 7) is 5.68. The second-order valence-electron chi connectivity index (χ2n) is 5.77. The fourth-order valence-corrected chi connectivity index (χ4v) is 3.15. The van der Waals surface area contributed by atoms with Gasteiger partial charge in [-0.3, -0.25) is 0 Å². The van der Waals surface area contributed by atoms with E-state index < -0.39 is 0 Å². The van der Waals surface area contributed by atoms with Crippen molar-refractivity contribution >= 4 is 0 Å². The molecule has 1 heteroatoms. The highest BCUT2D eigenvalue weighted by molar-refractivity contribution is 5.25. The molecule has 1 fully saturated rings. The summed E-state index contributed by atoms with van der Waals surface area (Å²) in [4.78, 5) is 0. The fourth-order valence-electron chi connectivity index (χ4n) is 3.15. The first-order chi connectivity index (χ1) is 8.79. The van der Waals surface area contributed by atoms with Gasteiger partial charge in [-0.2, -0.15) is 0 Å². The molecule has 2 atom stereocenters. The predicted octanol–water partition coefficient (Wildman–Crippen LogP) is 4.10. The predicted molar refractivity (Wildman–Crippen MR) is 78.9 cm³/mol. The van der Waals surface area contributed by atoms with Crippen LogP contribution >= 0.6 is 0 Å². The van der Waals surface area contributed by atoms with Crippen molar-refractivity contribution in [3.63, 3.8) is 0 Å². The Balaban J connectivity index is 1.73. The van der Waals surface area contributed by atoms with E-state index in [1.54, 1.807) is 0 Å². The third-order valence-electron chi connectivity index (χ3n) is 4.45. The van der Waals surface area contributed by atoms with Crippen LogP contribution in [0.15, 0.2) is 24.3 Å². The smallest absolute Gasteiger partial charge is 0.00698 e. The van der Waals surface area contributed by atoms with Crippen molar-refractivity contribution < 1.29 is 0 Å². The third kappa shape index (κ3) is 3.84. The number of hydrogen-bond acceptors (Lipinski definition) is 1. The van der Waals surface area contributed by atoms with Gasteiger partial charge >= 0.3 is 0 Å². The minimum absolute atomic E-state index is 0.771. The number of nitrogens with one attached hydrogen (secondary N) is 1. The highest BCUT2D eigenvalue weighted by Crippen LogP contribution is 2.26. The molecule has 0 amide bonds. The summed E-state index contributed by atoms with van der Waals surface area (Å²) in [5.41, 5.74) is 2.92. The van der Waals surface area contributed by atoms with Crippen molar-refractivity contribution in [2.24, 2.45) is 5.92 Å². The number of hydrogen-bond donors (Lipinski definition) is 1. The van der Waals surface area contributed by atoms with E-state index in [0.717, 1.165) is 18.5 Å². The molecule has 2 rings (SSSR count). The molecule has 1 aromatic rings. The van der Waals surface area contributed by atoms with Crippen LogP contribution in [0.4, 0.5) is 0 Å².